The summed E-state index contributed by atoms with van der Waals surface area (Å²) in [5, 5.41) is 2.93. The van der Waals surface area contributed by atoms with E-state index >= 15 is 0 Å². The van der Waals surface area contributed by atoms with Gasteiger partial charge in [-0.05, 0) is 31.0 Å². The van der Waals surface area contributed by atoms with Crippen molar-refractivity contribution in [2.45, 2.75) is 32.4 Å². The van der Waals surface area contributed by atoms with Crippen molar-refractivity contribution in [3.8, 4) is 0 Å². The van der Waals surface area contributed by atoms with Crippen LogP contribution in [0.15, 0.2) is 60.7 Å². The molecule has 1 atom stereocenters. The molecule has 2 aromatic rings. The highest BCUT2D eigenvalue weighted by molar-refractivity contribution is 5.94. The Bertz CT molecular complexity index is 764. The Kier molecular flexibility index (Phi) is 7.20. The lowest BCUT2D eigenvalue weighted by Crippen LogP contribution is -2.40. The van der Waals surface area contributed by atoms with Gasteiger partial charge in [-0.1, -0.05) is 48.5 Å². The number of amides is 2. The van der Waals surface area contributed by atoms with Crippen LogP contribution in [0.5, 0.6) is 0 Å². The van der Waals surface area contributed by atoms with Crippen LogP contribution in [-0.2, 0) is 11.3 Å². The van der Waals surface area contributed by atoms with Gasteiger partial charge in [0.25, 0.3) is 5.91 Å². The van der Waals surface area contributed by atoms with Crippen molar-refractivity contribution in [3.63, 3.8) is 0 Å². The summed E-state index contributed by atoms with van der Waals surface area (Å²) >= 11 is 0. The summed E-state index contributed by atoms with van der Waals surface area (Å²) in [7, 11) is 0. The molecule has 1 N–H and O–H groups in total. The van der Waals surface area contributed by atoms with E-state index in [4.69, 9.17) is 0 Å². The van der Waals surface area contributed by atoms with Gasteiger partial charge in [0, 0.05) is 50.7 Å². The molecule has 148 valence electrons. The molecule has 0 aromatic heterocycles. The van der Waals surface area contributed by atoms with Gasteiger partial charge in [-0.2, -0.15) is 0 Å². The molecule has 0 aliphatic carbocycles. The molecule has 1 aliphatic heterocycles. The minimum Gasteiger partial charge on any atom is -0.349 e. The second-order valence-electron chi connectivity index (χ2n) is 7.44. The lowest BCUT2D eigenvalue weighted by atomic mass is 10.1. The summed E-state index contributed by atoms with van der Waals surface area (Å²) < 4.78 is 0. The lowest BCUT2D eigenvalue weighted by molar-refractivity contribution is -0.131. The topological polar surface area (TPSA) is 52.7 Å². The fourth-order valence-corrected chi connectivity index (χ4v) is 3.56. The Hall–Kier alpha value is -2.66. The summed E-state index contributed by atoms with van der Waals surface area (Å²) in [5.74, 6) is -0.0202. The maximum absolute atomic E-state index is 12.7. The van der Waals surface area contributed by atoms with Gasteiger partial charge in [0.2, 0.25) is 5.91 Å². The van der Waals surface area contributed by atoms with E-state index in [1.165, 1.54) is 5.56 Å². The molecule has 28 heavy (non-hydrogen) atoms. The zero-order valence-corrected chi connectivity index (χ0v) is 16.5. The van der Waals surface area contributed by atoms with E-state index in [9.17, 15) is 9.59 Å². The van der Waals surface area contributed by atoms with Crippen molar-refractivity contribution in [3.05, 3.63) is 71.8 Å². The molecule has 5 heteroatoms. The Morgan fingerprint density at radius 3 is 2.32 bits per heavy atom. The molecule has 0 radical (unpaired) electrons. The summed E-state index contributed by atoms with van der Waals surface area (Å²) in [6, 6.07) is 19.4. The van der Waals surface area contributed by atoms with Crippen LogP contribution < -0.4 is 5.32 Å². The van der Waals surface area contributed by atoms with Gasteiger partial charge in [0.1, 0.15) is 0 Å². The van der Waals surface area contributed by atoms with Gasteiger partial charge in [-0.15, -0.1) is 0 Å². The van der Waals surface area contributed by atoms with E-state index in [0.29, 0.717) is 12.0 Å². The minimum absolute atomic E-state index is 0.113. The van der Waals surface area contributed by atoms with Crippen molar-refractivity contribution >= 4 is 11.8 Å². The molecular formula is C23H29N3O2. The SMILES string of the molecule is CC(CC(=O)N1CCCN(Cc2ccccc2)CC1)NC(=O)c1ccccc1. The highest BCUT2D eigenvalue weighted by atomic mass is 16.2. The van der Waals surface area contributed by atoms with E-state index < -0.39 is 0 Å². The van der Waals surface area contributed by atoms with Crippen molar-refractivity contribution in [2.24, 2.45) is 0 Å². The van der Waals surface area contributed by atoms with E-state index in [1.54, 1.807) is 12.1 Å². The van der Waals surface area contributed by atoms with Crippen LogP contribution in [0.25, 0.3) is 0 Å². The van der Waals surface area contributed by atoms with Crippen LogP contribution in [-0.4, -0.2) is 53.8 Å². The number of hydrogen-bond acceptors (Lipinski definition) is 3. The fraction of sp³-hybridized carbons (Fsp3) is 0.391. The first-order valence-corrected chi connectivity index (χ1v) is 10.0. The van der Waals surface area contributed by atoms with Crippen molar-refractivity contribution in [2.75, 3.05) is 26.2 Å². The first kappa shape index (κ1) is 20.1. The zero-order valence-electron chi connectivity index (χ0n) is 16.5. The number of carbonyl (C=O) groups is 2. The van der Waals surface area contributed by atoms with Gasteiger partial charge < -0.3 is 10.2 Å². The third kappa shape index (κ3) is 5.92. The van der Waals surface area contributed by atoms with Crippen molar-refractivity contribution in [1.82, 2.24) is 15.1 Å². The number of nitrogens with zero attached hydrogens (tertiary/aromatic N) is 2. The molecule has 1 aliphatic rings. The maximum atomic E-state index is 12.7. The fourth-order valence-electron chi connectivity index (χ4n) is 3.56. The molecule has 1 heterocycles. The molecule has 1 saturated heterocycles. The average molecular weight is 380 g/mol. The lowest BCUT2D eigenvalue weighted by Gasteiger charge is -2.23. The van der Waals surface area contributed by atoms with Gasteiger partial charge in [-0.3, -0.25) is 14.5 Å². The molecule has 1 unspecified atom stereocenters. The predicted molar refractivity (Wildman–Crippen MR) is 111 cm³/mol. The van der Waals surface area contributed by atoms with E-state index in [0.717, 1.165) is 39.1 Å². The number of rotatable bonds is 6. The molecule has 0 bridgehead atoms. The van der Waals surface area contributed by atoms with Gasteiger partial charge >= 0.3 is 0 Å². The van der Waals surface area contributed by atoms with Crippen LogP contribution in [0.3, 0.4) is 0 Å². The monoisotopic (exact) mass is 379 g/mol. The van der Waals surface area contributed by atoms with E-state index in [2.05, 4.69) is 34.5 Å². The molecule has 0 saturated carbocycles. The third-order valence-electron chi connectivity index (χ3n) is 5.08. The maximum Gasteiger partial charge on any atom is 0.251 e. The second kappa shape index (κ2) is 10.0. The summed E-state index contributed by atoms with van der Waals surface area (Å²) in [5.41, 5.74) is 1.92. The van der Waals surface area contributed by atoms with Crippen LogP contribution in [0.1, 0.15) is 35.7 Å². The first-order chi connectivity index (χ1) is 13.6. The molecule has 0 spiro atoms. The second-order valence-corrected chi connectivity index (χ2v) is 7.44. The van der Waals surface area contributed by atoms with Crippen LogP contribution in [0, 0.1) is 0 Å². The predicted octanol–water partition coefficient (Wildman–Crippen LogP) is 2.93. The highest BCUT2D eigenvalue weighted by Gasteiger charge is 2.21. The van der Waals surface area contributed by atoms with E-state index in [-0.39, 0.29) is 17.9 Å². The summed E-state index contributed by atoms with van der Waals surface area (Å²) in [4.78, 5) is 29.3. The third-order valence-corrected chi connectivity index (χ3v) is 5.08. The minimum atomic E-state index is -0.191. The van der Waals surface area contributed by atoms with Crippen LogP contribution >= 0.6 is 0 Å². The van der Waals surface area contributed by atoms with E-state index in [1.807, 2.05) is 36.1 Å². The standard InChI is InChI=1S/C23H29N3O2/c1-19(24-23(28)21-11-6-3-7-12-21)17-22(27)26-14-8-13-25(15-16-26)18-20-9-4-2-5-10-20/h2-7,9-12,19H,8,13-18H2,1H3,(H,24,28). The first-order valence-electron chi connectivity index (χ1n) is 10.0. The zero-order chi connectivity index (χ0) is 19.8. The Morgan fingerprint density at radius 1 is 0.929 bits per heavy atom. The molecule has 1 fully saturated rings. The number of benzene rings is 2. The Balaban J connectivity index is 1.46. The smallest absolute Gasteiger partial charge is 0.251 e. The summed E-state index contributed by atoms with van der Waals surface area (Å²) in [6.07, 6.45) is 1.31. The molecule has 3 rings (SSSR count). The van der Waals surface area contributed by atoms with Crippen molar-refractivity contribution < 1.29 is 9.59 Å². The quantitative estimate of drug-likeness (QED) is 0.840. The van der Waals surface area contributed by atoms with Crippen molar-refractivity contribution in [1.29, 1.82) is 0 Å². The largest absolute Gasteiger partial charge is 0.349 e. The number of carbonyl (C=O) groups excluding carboxylic acids is 2. The normalized spacial score (nSPS) is 16.2. The van der Waals surface area contributed by atoms with Crippen LogP contribution in [0.4, 0.5) is 0 Å². The summed E-state index contributed by atoms with van der Waals surface area (Å²) in [6.45, 7) is 6.21. The average Bonchev–Trinajstić information content (AvgIpc) is 2.95. The molecule has 2 amide bonds. The van der Waals surface area contributed by atoms with Crippen LogP contribution in [0.2, 0.25) is 0 Å². The van der Waals surface area contributed by atoms with Gasteiger partial charge in [0.15, 0.2) is 0 Å². The molecule has 2 aromatic carbocycles. The number of hydrogen-bond donors (Lipinski definition) is 1. The Labute approximate surface area is 167 Å². The van der Waals surface area contributed by atoms with Gasteiger partial charge in [0.05, 0.1) is 0 Å². The van der Waals surface area contributed by atoms with Gasteiger partial charge in [-0.25, -0.2) is 0 Å². The number of nitrogens with one attached hydrogen (secondary N) is 1. The highest BCUT2D eigenvalue weighted by Crippen LogP contribution is 2.11. The molecular weight excluding hydrogens is 350 g/mol. The Morgan fingerprint density at radius 2 is 1.61 bits per heavy atom. The molecule has 5 nitrogen and oxygen atoms in total.